The van der Waals surface area contributed by atoms with Crippen molar-refractivity contribution in [2.75, 3.05) is 19.8 Å². The molecule has 0 unspecified atom stereocenters. The molecule has 136 valence electrons. The van der Waals surface area contributed by atoms with E-state index in [-0.39, 0.29) is 16.7 Å². The molecule has 1 aromatic heterocycles. The molecule has 0 aliphatic carbocycles. The van der Waals surface area contributed by atoms with Crippen LogP contribution in [-0.4, -0.2) is 41.7 Å². The third-order valence-corrected chi connectivity index (χ3v) is 4.25. The van der Waals surface area contributed by atoms with Gasteiger partial charge in [-0.1, -0.05) is 19.9 Å². The summed E-state index contributed by atoms with van der Waals surface area (Å²) in [7, 11) is 0. The molecule has 7 nitrogen and oxygen atoms in total. The van der Waals surface area contributed by atoms with Crippen molar-refractivity contribution in [2.24, 2.45) is 0 Å². The Hall–Kier alpha value is -3.09. The maximum atomic E-state index is 12.3. The molecule has 1 aliphatic rings. The molecule has 1 aromatic carbocycles. The smallest absolute Gasteiger partial charge is 0.335 e. The fraction of sp³-hybridized carbons (Fsp3) is 0.316. The second-order valence-corrected chi connectivity index (χ2v) is 6.66. The van der Waals surface area contributed by atoms with Crippen LogP contribution in [-0.2, 0) is 5.41 Å². The first-order valence-electron chi connectivity index (χ1n) is 8.24. The van der Waals surface area contributed by atoms with Crippen molar-refractivity contribution < 1.29 is 24.2 Å². The quantitative estimate of drug-likeness (QED) is 0.853. The first-order valence-corrected chi connectivity index (χ1v) is 8.24. The second kappa shape index (κ2) is 7.03. The third-order valence-electron chi connectivity index (χ3n) is 4.25. The number of ether oxygens (including phenoxy) is 2. The standard InChI is InChI=1S/C19H20N2O5/c1-19(2,13-3-4-15-16(10-13)26-8-7-25-15)11-21-17(22)14-9-12(18(23)24)5-6-20-14/h3-6,9-10H,7-8,11H2,1-2H3,(H,21,22)(H,23,24). The number of hydrogen-bond acceptors (Lipinski definition) is 5. The van der Waals surface area contributed by atoms with Crippen LogP contribution in [0.4, 0.5) is 0 Å². The molecule has 0 saturated carbocycles. The molecule has 0 radical (unpaired) electrons. The minimum Gasteiger partial charge on any atom is -0.486 e. The van der Waals surface area contributed by atoms with Gasteiger partial charge in [-0.15, -0.1) is 0 Å². The number of fused-ring (bicyclic) bond motifs is 1. The number of nitrogens with zero attached hydrogens (tertiary/aromatic N) is 1. The van der Waals surface area contributed by atoms with E-state index in [9.17, 15) is 9.59 Å². The van der Waals surface area contributed by atoms with E-state index in [1.54, 1.807) is 0 Å². The molecule has 0 atom stereocenters. The Labute approximate surface area is 151 Å². The molecule has 1 aliphatic heterocycles. The maximum absolute atomic E-state index is 12.3. The van der Waals surface area contributed by atoms with Crippen LogP contribution in [0.3, 0.4) is 0 Å². The van der Waals surface area contributed by atoms with Crippen LogP contribution in [0.5, 0.6) is 11.5 Å². The summed E-state index contributed by atoms with van der Waals surface area (Å²) in [5.41, 5.74) is 0.726. The van der Waals surface area contributed by atoms with Crippen molar-refractivity contribution in [1.29, 1.82) is 0 Å². The lowest BCUT2D eigenvalue weighted by atomic mass is 9.84. The van der Waals surface area contributed by atoms with Gasteiger partial charge in [0.2, 0.25) is 0 Å². The number of amides is 1. The van der Waals surface area contributed by atoms with Gasteiger partial charge in [-0.25, -0.2) is 4.79 Å². The third kappa shape index (κ3) is 3.77. The van der Waals surface area contributed by atoms with Crippen LogP contribution < -0.4 is 14.8 Å². The number of benzene rings is 1. The molecule has 7 heteroatoms. The first kappa shape index (κ1) is 17.7. The van der Waals surface area contributed by atoms with Gasteiger partial charge >= 0.3 is 5.97 Å². The number of nitrogens with one attached hydrogen (secondary N) is 1. The number of carbonyl (C=O) groups is 2. The lowest BCUT2D eigenvalue weighted by molar-refractivity contribution is 0.0696. The molecule has 0 spiro atoms. The fourth-order valence-electron chi connectivity index (χ4n) is 2.65. The van der Waals surface area contributed by atoms with Gasteiger partial charge < -0.3 is 19.9 Å². The molecular formula is C19H20N2O5. The van der Waals surface area contributed by atoms with Crippen LogP contribution in [0.2, 0.25) is 0 Å². The zero-order valence-electron chi connectivity index (χ0n) is 14.6. The zero-order chi connectivity index (χ0) is 18.7. The van der Waals surface area contributed by atoms with E-state index in [4.69, 9.17) is 14.6 Å². The van der Waals surface area contributed by atoms with Crippen LogP contribution >= 0.6 is 0 Å². The molecule has 26 heavy (non-hydrogen) atoms. The van der Waals surface area contributed by atoms with Gasteiger partial charge in [-0.3, -0.25) is 9.78 Å². The Morgan fingerprint density at radius 1 is 1.15 bits per heavy atom. The summed E-state index contributed by atoms with van der Waals surface area (Å²) in [6.07, 6.45) is 1.31. The van der Waals surface area contributed by atoms with Crippen LogP contribution in [0.25, 0.3) is 0 Å². The average molecular weight is 356 g/mol. The van der Waals surface area contributed by atoms with Crippen molar-refractivity contribution >= 4 is 11.9 Å². The molecule has 3 rings (SSSR count). The lowest BCUT2D eigenvalue weighted by Crippen LogP contribution is -2.37. The van der Waals surface area contributed by atoms with Crippen LogP contribution in [0.1, 0.15) is 40.3 Å². The largest absolute Gasteiger partial charge is 0.486 e. The van der Waals surface area contributed by atoms with E-state index < -0.39 is 11.9 Å². The highest BCUT2D eigenvalue weighted by atomic mass is 16.6. The topological polar surface area (TPSA) is 97.8 Å². The van der Waals surface area contributed by atoms with Crippen LogP contribution in [0.15, 0.2) is 36.5 Å². The van der Waals surface area contributed by atoms with Crippen molar-refractivity contribution in [3.05, 3.63) is 53.3 Å². The van der Waals surface area contributed by atoms with E-state index >= 15 is 0 Å². The second-order valence-electron chi connectivity index (χ2n) is 6.66. The highest BCUT2D eigenvalue weighted by Gasteiger charge is 2.24. The fourth-order valence-corrected chi connectivity index (χ4v) is 2.65. The van der Waals surface area contributed by atoms with E-state index in [1.807, 2.05) is 32.0 Å². The number of rotatable bonds is 5. The average Bonchev–Trinajstić information content (AvgIpc) is 2.65. The summed E-state index contributed by atoms with van der Waals surface area (Å²) in [4.78, 5) is 27.3. The highest BCUT2D eigenvalue weighted by Crippen LogP contribution is 2.34. The van der Waals surface area contributed by atoms with E-state index in [2.05, 4.69) is 10.3 Å². The highest BCUT2D eigenvalue weighted by molar-refractivity contribution is 5.95. The van der Waals surface area contributed by atoms with Crippen molar-refractivity contribution in [3.8, 4) is 11.5 Å². The Kier molecular flexibility index (Phi) is 4.79. The first-order chi connectivity index (χ1) is 12.4. The summed E-state index contributed by atoms with van der Waals surface area (Å²) in [5.74, 6) is -0.102. The molecule has 0 saturated heterocycles. The number of carboxylic acids is 1. The van der Waals surface area contributed by atoms with Crippen molar-refractivity contribution in [2.45, 2.75) is 19.3 Å². The van der Waals surface area contributed by atoms with E-state index in [1.165, 1.54) is 18.3 Å². The van der Waals surface area contributed by atoms with Crippen molar-refractivity contribution in [3.63, 3.8) is 0 Å². The van der Waals surface area contributed by atoms with Gasteiger partial charge in [0, 0.05) is 18.2 Å². The van der Waals surface area contributed by atoms with Crippen molar-refractivity contribution in [1.82, 2.24) is 10.3 Å². The predicted octanol–water partition coefficient (Wildman–Crippen LogP) is 2.26. The number of aromatic carboxylic acids is 1. The zero-order valence-corrected chi connectivity index (χ0v) is 14.6. The Morgan fingerprint density at radius 2 is 1.88 bits per heavy atom. The van der Waals surface area contributed by atoms with Gasteiger partial charge in [-0.2, -0.15) is 0 Å². The minimum absolute atomic E-state index is 0.0243. The summed E-state index contributed by atoms with van der Waals surface area (Å²) in [6, 6.07) is 8.34. The van der Waals surface area contributed by atoms with Gasteiger partial charge in [0.25, 0.3) is 5.91 Å². The SMILES string of the molecule is CC(C)(CNC(=O)c1cc(C(=O)O)ccn1)c1ccc2c(c1)OCCO2. The van der Waals surface area contributed by atoms with Gasteiger partial charge in [0.15, 0.2) is 11.5 Å². The summed E-state index contributed by atoms with van der Waals surface area (Å²) >= 11 is 0. The molecule has 2 aromatic rings. The molecule has 2 heterocycles. The number of aromatic nitrogens is 1. The van der Waals surface area contributed by atoms with E-state index in [0.29, 0.717) is 25.5 Å². The predicted molar refractivity (Wildman–Crippen MR) is 94.0 cm³/mol. The lowest BCUT2D eigenvalue weighted by Gasteiger charge is -2.27. The van der Waals surface area contributed by atoms with Gasteiger partial charge in [0.05, 0.1) is 5.56 Å². The minimum atomic E-state index is -1.10. The molecule has 0 bridgehead atoms. The summed E-state index contributed by atoms with van der Waals surface area (Å²) < 4.78 is 11.1. The van der Waals surface area contributed by atoms with Crippen LogP contribution in [0, 0.1) is 0 Å². The van der Waals surface area contributed by atoms with Gasteiger partial charge in [0.1, 0.15) is 18.9 Å². The molecule has 2 N–H and O–H groups in total. The summed E-state index contributed by atoms with van der Waals surface area (Å²) in [6.45, 7) is 5.40. The number of carboxylic acid groups (broad SMARTS) is 1. The van der Waals surface area contributed by atoms with E-state index in [0.717, 1.165) is 11.3 Å². The Bertz CT molecular complexity index is 848. The molecule has 0 fully saturated rings. The monoisotopic (exact) mass is 356 g/mol. The number of hydrogen-bond donors (Lipinski definition) is 2. The molecule has 1 amide bonds. The Balaban J connectivity index is 1.70. The number of carbonyl (C=O) groups excluding carboxylic acids is 1. The number of pyridine rings is 1. The molecular weight excluding hydrogens is 336 g/mol. The van der Waals surface area contributed by atoms with Gasteiger partial charge in [-0.05, 0) is 29.8 Å². The maximum Gasteiger partial charge on any atom is 0.335 e. The normalized spacial score (nSPS) is 13.2. The Morgan fingerprint density at radius 3 is 2.62 bits per heavy atom. The summed E-state index contributed by atoms with van der Waals surface area (Å²) in [5, 5.41) is 11.8.